The van der Waals surface area contributed by atoms with Crippen LogP contribution in [0.3, 0.4) is 0 Å². The number of morpholine rings is 1. The SMILES string of the molecule is CCc1ccc(CN2CCC[C@H](c3nnc(CN4CCOCC4)n3C)C2)nc1. The zero-order valence-electron chi connectivity index (χ0n) is 17.2. The van der Waals surface area contributed by atoms with Crippen molar-refractivity contribution in [1.82, 2.24) is 29.5 Å². The first-order valence-electron chi connectivity index (χ1n) is 10.6. The predicted octanol–water partition coefficient (Wildman–Crippen LogP) is 1.98. The Bertz CT molecular complexity index is 753. The lowest BCUT2D eigenvalue weighted by molar-refractivity contribution is 0.0326. The highest BCUT2D eigenvalue weighted by Gasteiger charge is 2.26. The van der Waals surface area contributed by atoms with Crippen LogP contribution in [0, 0.1) is 0 Å². The van der Waals surface area contributed by atoms with Crippen LogP contribution in [0.4, 0.5) is 0 Å². The largest absolute Gasteiger partial charge is 0.379 e. The number of rotatable bonds is 6. The zero-order valence-corrected chi connectivity index (χ0v) is 17.2. The third-order valence-electron chi connectivity index (χ3n) is 6.02. The van der Waals surface area contributed by atoms with Crippen LogP contribution in [0.5, 0.6) is 0 Å². The molecule has 0 spiro atoms. The minimum atomic E-state index is 0.444. The van der Waals surface area contributed by atoms with E-state index in [1.807, 2.05) is 6.20 Å². The highest BCUT2D eigenvalue weighted by molar-refractivity contribution is 5.14. The van der Waals surface area contributed by atoms with Gasteiger partial charge in [0.1, 0.15) is 11.6 Å². The molecule has 2 saturated heterocycles. The number of hydrogen-bond acceptors (Lipinski definition) is 6. The molecule has 0 radical (unpaired) electrons. The number of aromatic nitrogens is 4. The van der Waals surface area contributed by atoms with Gasteiger partial charge in [0.2, 0.25) is 0 Å². The summed E-state index contributed by atoms with van der Waals surface area (Å²) in [6.45, 7) is 9.68. The molecule has 0 amide bonds. The average Bonchev–Trinajstić information content (AvgIpc) is 3.10. The molecule has 2 aromatic rings. The van der Waals surface area contributed by atoms with Gasteiger partial charge in [-0.2, -0.15) is 0 Å². The molecule has 1 atom stereocenters. The first-order valence-corrected chi connectivity index (χ1v) is 10.6. The lowest BCUT2D eigenvalue weighted by Gasteiger charge is -2.32. The van der Waals surface area contributed by atoms with Crippen molar-refractivity contribution in [2.75, 3.05) is 39.4 Å². The standard InChI is InChI=1S/C21H32N6O/c1-3-17-6-7-19(22-13-17)15-27-8-4-5-18(14-27)21-24-23-20(25(21)2)16-26-9-11-28-12-10-26/h6-7,13,18H,3-5,8-12,14-16H2,1-2H3/t18-/m0/s1. The van der Waals surface area contributed by atoms with Gasteiger partial charge in [-0.1, -0.05) is 13.0 Å². The van der Waals surface area contributed by atoms with Crippen molar-refractivity contribution in [2.24, 2.45) is 7.05 Å². The maximum absolute atomic E-state index is 5.45. The normalized spacial score (nSPS) is 21.9. The van der Waals surface area contributed by atoms with Crippen LogP contribution in [0.25, 0.3) is 0 Å². The number of aryl methyl sites for hydroxylation is 1. The zero-order chi connectivity index (χ0) is 19.3. The lowest BCUT2D eigenvalue weighted by Crippen LogP contribution is -2.36. The molecule has 7 nitrogen and oxygen atoms in total. The van der Waals surface area contributed by atoms with Crippen LogP contribution >= 0.6 is 0 Å². The van der Waals surface area contributed by atoms with Crippen molar-refractivity contribution in [3.63, 3.8) is 0 Å². The second kappa shape index (κ2) is 9.11. The van der Waals surface area contributed by atoms with Gasteiger partial charge in [-0.05, 0) is 37.4 Å². The van der Waals surface area contributed by atoms with Gasteiger partial charge in [0.15, 0.2) is 0 Å². The molecule has 28 heavy (non-hydrogen) atoms. The summed E-state index contributed by atoms with van der Waals surface area (Å²) in [7, 11) is 2.12. The molecule has 2 aromatic heterocycles. The van der Waals surface area contributed by atoms with Crippen molar-refractivity contribution in [3.8, 4) is 0 Å². The third-order valence-corrected chi connectivity index (χ3v) is 6.02. The third kappa shape index (κ3) is 4.59. The molecular formula is C21H32N6O. The summed E-state index contributed by atoms with van der Waals surface area (Å²) in [4.78, 5) is 9.55. The summed E-state index contributed by atoms with van der Waals surface area (Å²) in [5, 5.41) is 9.09. The van der Waals surface area contributed by atoms with Crippen LogP contribution < -0.4 is 0 Å². The second-order valence-corrected chi connectivity index (χ2v) is 8.01. The Kier molecular flexibility index (Phi) is 6.34. The predicted molar refractivity (Wildman–Crippen MR) is 108 cm³/mol. The number of likely N-dealkylation sites (tertiary alicyclic amines) is 1. The number of ether oxygens (including phenoxy) is 1. The van der Waals surface area contributed by atoms with Gasteiger partial charge >= 0.3 is 0 Å². The summed E-state index contributed by atoms with van der Waals surface area (Å²) in [5.41, 5.74) is 2.45. The Morgan fingerprint density at radius 2 is 1.93 bits per heavy atom. The van der Waals surface area contributed by atoms with Crippen LogP contribution in [0.15, 0.2) is 18.3 Å². The van der Waals surface area contributed by atoms with E-state index in [0.29, 0.717) is 5.92 Å². The van der Waals surface area contributed by atoms with Crippen LogP contribution in [0.1, 0.15) is 48.6 Å². The van der Waals surface area contributed by atoms with Crippen LogP contribution in [-0.4, -0.2) is 68.9 Å². The van der Waals surface area contributed by atoms with Gasteiger partial charge in [-0.25, -0.2) is 0 Å². The summed E-state index contributed by atoms with van der Waals surface area (Å²) in [6.07, 6.45) is 5.43. The van der Waals surface area contributed by atoms with Crippen LogP contribution in [0.2, 0.25) is 0 Å². The summed E-state index contributed by atoms with van der Waals surface area (Å²) in [6, 6.07) is 4.37. The van der Waals surface area contributed by atoms with Gasteiger partial charge in [0, 0.05) is 45.3 Å². The second-order valence-electron chi connectivity index (χ2n) is 8.01. The van der Waals surface area contributed by atoms with E-state index in [0.717, 1.165) is 76.2 Å². The Labute approximate surface area is 167 Å². The number of hydrogen-bond donors (Lipinski definition) is 0. The first-order chi connectivity index (χ1) is 13.7. The summed E-state index contributed by atoms with van der Waals surface area (Å²) < 4.78 is 7.67. The topological polar surface area (TPSA) is 59.3 Å². The van der Waals surface area contributed by atoms with Crippen molar-refractivity contribution in [1.29, 1.82) is 0 Å². The average molecular weight is 385 g/mol. The van der Waals surface area contributed by atoms with E-state index in [4.69, 9.17) is 4.74 Å². The number of nitrogens with zero attached hydrogens (tertiary/aromatic N) is 6. The molecule has 0 aromatic carbocycles. The lowest BCUT2D eigenvalue weighted by atomic mass is 9.97. The van der Waals surface area contributed by atoms with E-state index in [1.54, 1.807) is 0 Å². The molecule has 0 bridgehead atoms. The van der Waals surface area contributed by atoms with Crippen molar-refractivity contribution in [3.05, 3.63) is 41.2 Å². The summed E-state index contributed by atoms with van der Waals surface area (Å²) >= 11 is 0. The van der Waals surface area contributed by atoms with Crippen molar-refractivity contribution < 1.29 is 4.74 Å². The Balaban J connectivity index is 1.38. The first kappa shape index (κ1) is 19.5. The minimum Gasteiger partial charge on any atom is -0.379 e. The fourth-order valence-corrected chi connectivity index (χ4v) is 4.22. The molecule has 0 N–H and O–H groups in total. The monoisotopic (exact) mass is 384 g/mol. The van der Waals surface area contributed by atoms with Gasteiger partial charge < -0.3 is 9.30 Å². The van der Waals surface area contributed by atoms with Crippen molar-refractivity contribution in [2.45, 2.75) is 45.2 Å². The molecule has 2 aliphatic heterocycles. The molecule has 0 unspecified atom stereocenters. The molecule has 2 fully saturated rings. The molecular weight excluding hydrogens is 352 g/mol. The van der Waals surface area contributed by atoms with E-state index in [9.17, 15) is 0 Å². The van der Waals surface area contributed by atoms with E-state index in [-0.39, 0.29) is 0 Å². The fourth-order valence-electron chi connectivity index (χ4n) is 4.22. The summed E-state index contributed by atoms with van der Waals surface area (Å²) in [5.74, 6) is 2.63. The molecule has 4 heterocycles. The van der Waals surface area contributed by atoms with Gasteiger partial charge in [-0.3, -0.25) is 14.8 Å². The maximum atomic E-state index is 5.45. The number of pyridine rings is 1. The van der Waals surface area contributed by atoms with Gasteiger partial charge in [0.05, 0.1) is 25.5 Å². The molecule has 7 heteroatoms. The number of piperidine rings is 1. The Morgan fingerprint density at radius 3 is 2.68 bits per heavy atom. The molecule has 152 valence electrons. The van der Waals surface area contributed by atoms with Gasteiger partial charge in [-0.15, -0.1) is 10.2 Å². The highest BCUT2D eigenvalue weighted by Crippen LogP contribution is 2.26. The van der Waals surface area contributed by atoms with E-state index in [1.165, 1.54) is 18.4 Å². The van der Waals surface area contributed by atoms with E-state index in [2.05, 4.69) is 55.7 Å². The Morgan fingerprint density at radius 1 is 1.07 bits per heavy atom. The quantitative estimate of drug-likeness (QED) is 0.759. The fraction of sp³-hybridized carbons (Fsp3) is 0.667. The Hall–Kier alpha value is -1.83. The van der Waals surface area contributed by atoms with E-state index < -0.39 is 0 Å². The molecule has 0 aliphatic carbocycles. The van der Waals surface area contributed by atoms with Crippen LogP contribution in [-0.2, 0) is 31.3 Å². The smallest absolute Gasteiger partial charge is 0.146 e. The highest BCUT2D eigenvalue weighted by atomic mass is 16.5. The minimum absolute atomic E-state index is 0.444. The molecule has 0 saturated carbocycles. The molecule has 2 aliphatic rings. The van der Waals surface area contributed by atoms with Gasteiger partial charge in [0.25, 0.3) is 0 Å². The van der Waals surface area contributed by atoms with Crippen molar-refractivity contribution >= 4 is 0 Å². The maximum Gasteiger partial charge on any atom is 0.146 e. The van der Waals surface area contributed by atoms with E-state index >= 15 is 0 Å². The molecule has 4 rings (SSSR count).